The third kappa shape index (κ3) is 3.93. The number of nitrogens with zero attached hydrogens (tertiary/aromatic N) is 7. The van der Waals surface area contributed by atoms with Gasteiger partial charge in [-0.1, -0.05) is 43.3 Å². The average molecular weight is 534 g/mol. The Morgan fingerprint density at radius 1 is 1.02 bits per heavy atom. The number of H-pyrrole nitrogens is 1. The van der Waals surface area contributed by atoms with Crippen LogP contribution in [0.4, 0.5) is 5.82 Å². The van der Waals surface area contributed by atoms with E-state index in [0.29, 0.717) is 17.5 Å². The number of amides is 1. The van der Waals surface area contributed by atoms with Crippen molar-refractivity contribution >= 4 is 17.4 Å². The third-order valence-corrected chi connectivity index (χ3v) is 8.47. The van der Waals surface area contributed by atoms with Gasteiger partial charge in [0.05, 0.1) is 17.6 Å². The van der Waals surface area contributed by atoms with Crippen molar-refractivity contribution < 1.29 is 4.79 Å². The van der Waals surface area contributed by atoms with Crippen LogP contribution in [0.5, 0.6) is 0 Å². The van der Waals surface area contributed by atoms with Gasteiger partial charge in [-0.25, -0.2) is 9.97 Å². The third-order valence-electron chi connectivity index (χ3n) is 8.47. The van der Waals surface area contributed by atoms with Crippen LogP contribution in [-0.2, 0) is 6.42 Å². The number of carbonyl (C=O) groups is 1. The Kier molecular flexibility index (Phi) is 5.83. The largest absolute Gasteiger partial charge is 0.383 e. The summed E-state index contributed by atoms with van der Waals surface area (Å²) >= 11 is 0. The quantitative estimate of drug-likeness (QED) is 0.338. The lowest BCUT2D eigenvalue weighted by Crippen LogP contribution is -2.46. The average Bonchev–Trinajstić information content (AvgIpc) is 3.68. The fourth-order valence-corrected chi connectivity index (χ4v) is 6.60. The number of carbonyl (C=O) groups excluding carboxylic acids is 1. The molecule has 10 heteroatoms. The molecular weight excluding hydrogens is 502 g/mol. The maximum Gasteiger partial charge on any atom is 0.291 e. The fraction of sp³-hybridized carbons (Fsp3) is 0.333. The van der Waals surface area contributed by atoms with Crippen molar-refractivity contribution in [2.24, 2.45) is 0 Å². The lowest BCUT2D eigenvalue weighted by atomic mass is 9.85. The van der Waals surface area contributed by atoms with Gasteiger partial charge in [-0.2, -0.15) is 14.7 Å². The Bertz CT molecular complexity index is 1690. The summed E-state index contributed by atoms with van der Waals surface area (Å²) in [4.78, 5) is 29.5. The number of pyridine rings is 1. The van der Waals surface area contributed by atoms with Crippen molar-refractivity contribution in [2.75, 3.05) is 5.73 Å². The summed E-state index contributed by atoms with van der Waals surface area (Å²) in [7, 11) is 0. The molecule has 4 aromatic heterocycles. The van der Waals surface area contributed by atoms with E-state index in [1.807, 2.05) is 41.6 Å². The Labute approximate surface area is 231 Å². The van der Waals surface area contributed by atoms with Gasteiger partial charge >= 0.3 is 0 Å². The van der Waals surface area contributed by atoms with E-state index in [1.165, 1.54) is 0 Å². The number of aromatic amines is 1. The van der Waals surface area contributed by atoms with Gasteiger partial charge < -0.3 is 10.6 Å². The van der Waals surface area contributed by atoms with Gasteiger partial charge in [0.2, 0.25) is 5.82 Å². The number of hydrogen-bond acceptors (Lipinski definition) is 7. The van der Waals surface area contributed by atoms with E-state index in [2.05, 4.69) is 45.4 Å². The molecule has 2 aliphatic rings. The number of nitrogens with two attached hydrogens (primary N) is 1. The summed E-state index contributed by atoms with van der Waals surface area (Å²) in [5.74, 6) is 1.68. The molecule has 5 aromatic rings. The van der Waals surface area contributed by atoms with Crippen LogP contribution < -0.4 is 5.73 Å². The molecule has 40 heavy (non-hydrogen) atoms. The number of benzene rings is 1. The highest BCUT2D eigenvalue weighted by molar-refractivity contribution is 5.91. The Morgan fingerprint density at radius 3 is 2.45 bits per heavy atom. The van der Waals surface area contributed by atoms with E-state index >= 15 is 0 Å². The van der Waals surface area contributed by atoms with Crippen LogP contribution in [-0.4, -0.2) is 57.7 Å². The number of aromatic nitrogens is 7. The van der Waals surface area contributed by atoms with E-state index in [4.69, 9.17) is 15.7 Å². The predicted molar refractivity (Wildman–Crippen MR) is 152 cm³/mol. The van der Waals surface area contributed by atoms with Crippen LogP contribution in [0.2, 0.25) is 0 Å². The summed E-state index contributed by atoms with van der Waals surface area (Å²) < 4.78 is 1.75. The van der Waals surface area contributed by atoms with E-state index in [9.17, 15) is 4.79 Å². The molecule has 10 nitrogen and oxygen atoms in total. The highest BCUT2D eigenvalue weighted by atomic mass is 16.2. The molecule has 0 radical (unpaired) electrons. The van der Waals surface area contributed by atoms with Gasteiger partial charge in [0.25, 0.3) is 5.91 Å². The second kappa shape index (κ2) is 9.55. The van der Waals surface area contributed by atoms with E-state index < -0.39 is 0 Å². The van der Waals surface area contributed by atoms with Crippen LogP contribution in [0.3, 0.4) is 0 Å². The molecule has 1 aromatic carbocycles. The van der Waals surface area contributed by atoms with Gasteiger partial charge in [-0.05, 0) is 45.1 Å². The van der Waals surface area contributed by atoms with Crippen molar-refractivity contribution in [3.8, 4) is 22.4 Å². The lowest BCUT2D eigenvalue weighted by molar-refractivity contribution is 0.0557. The number of rotatable bonds is 5. The molecule has 3 N–H and O–H groups in total. The van der Waals surface area contributed by atoms with E-state index in [-0.39, 0.29) is 23.9 Å². The van der Waals surface area contributed by atoms with Crippen LogP contribution >= 0.6 is 0 Å². The standard InChI is InChI=1S/C30H31N9O/c1-3-23-26(20-13-21-10-11-22(14-20)38(21)30(40)28-34-17(2)36-37-28)35-29-24(16-33-39(29)27(23)31)19-9-12-25(32-15-19)18-7-5-4-6-8-18/h4-9,12,15-16,20-22H,3,10-11,13-14,31H2,1-2H3,(H,34,36,37)/t20?,21-,22+. The number of piperidine rings is 1. The maximum atomic E-state index is 13.3. The van der Waals surface area contributed by atoms with Crippen molar-refractivity contribution in [1.82, 2.24) is 39.7 Å². The molecule has 0 aliphatic carbocycles. The monoisotopic (exact) mass is 533 g/mol. The van der Waals surface area contributed by atoms with Gasteiger partial charge in [-0.3, -0.25) is 14.9 Å². The van der Waals surface area contributed by atoms with Gasteiger partial charge in [0.1, 0.15) is 11.6 Å². The number of nitrogen functional groups attached to an aromatic ring is 1. The highest BCUT2D eigenvalue weighted by Crippen LogP contribution is 2.45. The molecule has 1 amide bonds. The number of aryl methyl sites for hydroxylation is 1. The van der Waals surface area contributed by atoms with Crippen molar-refractivity contribution in [1.29, 1.82) is 0 Å². The minimum absolute atomic E-state index is 0.0604. The fourth-order valence-electron chi connectivity index (χ4n) is 6.60. The second-order valence-corrected chi connectivity index (χ2v) is 10.8. The van der Waals surface area contributed by atoms with Crippen molar-refractivity contribution in [2.45, 2.75) is 64.0 Å². The Balaban J connectivity index is 1.23. The van der Waals surface area contributed by atoms with Gasteiger partial charge in [0, 0.05) is 46.5 Å². The zero-order valence-electron chi connectivity index (χ0n) is 22.6. The first kappa shape index (κ1) is 24.4. The highest BCUT2D eigenvalue weighted by Gasteiger charge is 2.45. The molecule has 2 bridgehead atoms. The molecule has 3 atom stereocenters. The topological polar surface area (TPSA) is 131 Å². The number of anilines is 1. The van der Waals surface area contributed by atoms with E-state index in [0.717, 1.165) is 71.4 Å². The zero-order chi connectivity index (χ0) is 27.4. The molecule has 2 aliphatic heterocycles. The first-order chi connectivity index (χ1) is 19.5. The molecule has 0 spiro atoms. The summed E-state index contributed by atoms with van der Waals surface area (Å²) in [5.41, 5.74) is 13.4. The van der Waals surface area contributed by atoms with Crippen molar-refractivity contribution in [3.63, 3.8) is 0 Å². The maximum absolute atomic E-state index is 13.3. The molecule has 202 valence electrons. The molecule has 1 unspecified atom stereocenters. The molecule has 7 rings (SSSR count). The Morgan fingerprint density at radius 2 is 1.80 bits per heavy atom. The Hall–Kier alpha value is -4.60. The molecule has 2 saturated heterocycles. The number of fused-ring (bicyclic) bond motifs is 3. The number of hydrogen-bond donors (Lipinski definition) is 2. The molecular formula is C30H31N9O. The number of nitrogens with one attached hydrogen (secondary N) is 1. The summed E-state index contributed by atoms with van der Waals surface area (Å²) in [6, 6.07) is 14.5. The SMILES string of the molecule is CCc1c(C2C[C@H]3CC[C@@H](C2)N3C(=O)c2nc(C)n[nH]2)nc2c(-c3ccc(-c4ccccc4)nc3)cnn2c1N. The van der Waals surface area contributed by atoms with Crippen LogP contribution in [0.1, 0.15) is 66.2 Å². The lowest BCUT2D eigenvalue weighted by Gasteiger charge is -2.38. The van der Waals surface area contributed by atoms with Gasteiger partial charge in [-0.15, -0.1) is 0 Å². The minimum Gasteiger partial charge on any atom is -0.383 e. The van der Waals surface area contributed by atoms with Crippen LogP contribution in [0, 0.1) is 6.92 Å². The molecule has 6 heterocycles. The van der Waals surface area contributed by atoms with Crippen molar-refractivity contribution in [3.05, 3.63) is 77.8 Å². The van der Waals surface area contributed by atoms with E-state index in [1.54, 1.807) is 11.4 Å². The zero-order valence-corrected chi connectivity index (χ0v) is 22.6. The van der Waals surface area contributed by atoms with Gasteiger partial charge in [0.15, 0.2) is 5.65 Å². The first-order valence-electron chi connectivity index (χ1n) is 13.9. The molecule has 0 saturated carbocycles. The first-order valence-corrected chi connectivity index (χ1v) is 13.9. The molecule has 2 fully saturated rings. The summed E-state index contributed by atoms with van der Waals surface area (Å²) in [6.07, 6.45) is 8.13. The smallest absolute Gasteiger partial charge is 0.291 e. The summed E-state index contributed by atoms with van der Waals surface area (Å²) in [6.45, 7) is 3.89. The summed E-state index contributed by atoms with van der Waals surface area (Å²) in [5, 5.41) is 11.5. The second-order valence-electron chi connectivity index (χ2n) is 10.8. The minimum atomic E-state index is -0.0604. The normalized spacial score (nSPS) is 20.4. The van der Waals surface area contributed by atoms with Crippen LogP contribution in [0.25, 0.3) is 28.0 Å². The van der Waals surface area contributed by atoms with Crippen LogP contribution in [0.15, 0.2) is 54.9 Å². The predicted octanol–water partition coefficient (Wildman–Crippen LogP) is 4.58.